The number of hydrogen-bond acceptors (Lipinski definition) is 2. The smallest absolute Gasteiger partial charge is 0.150 e. The summed E-state index contributed by atoms with van der Waals surface area (Å²) in [6.45, 7) is 0. The lowest BCUT2D eigenvalue weighted by atomic mass is 10.0. The average molecular weight is 226 g/mol. The molecule has 86 valence electrons. The number of aldehydes is 1. The Morgan fingerprint density at radius 2 is 1.76 bits per heavy atom. The predicted molar refractivity (Wildman–Crippen MR) is 67.3 cm³/mol. The summed E-state index contributed by atoms with van der Waals surface area (Å²) in [5.41, 5.74) is 2.77. The number of phenolic OH excluding ortho intramolecular Hbond substituents is 1. The molecule has 2 aromatic rings. The summed E-state index contributed by atoms with van der Waals surface area (Å²) in [7, 11) is 0. The van der Waals surface area contributed by atoms with Crippen LogP contribution in [0.1, 0.15) is 21.5 Å². The van der Waals surface area contributed by atoms with Gasteiger partial charge in [-0.25, -0.2) is 0 Å². The molecule has 0 amide bonds. The van der Waals surface area contributed by atoms with Crippen LogP contribution in [0.2, 0.25) is 0 Å². The lowest BCUT2D eigenvalue weighted by Crippen LogP contribution is -1.96. The van der Waals surface area contributed by atoms with Crippen LogP contribution in [0.4, 0.5) is 0 Å². The standard InChI is InChI=1S/C15H14O2/c16-11-14-8-9-15(17)10-13(14)7-6-12-4-2-1-3-5-12/h1-5,8-11,17H,6-7H2. The molecule has 1 N–H and O–H groups in total. The fourth-order valence-corrected chi connectivity index (χ4v) is 1.85. The highest BCUT2D eigenvalue weighted by Gasteiger charge is 2.03. The Kier molecular flexibility index (Phi) is 3.55. The number of aromatic hydroxyl groups is 1. The molecule has 0 aliphatic heterocycles. The fourth-order valence-electron chi connectivity index (χ4n) is 1.85. The number of carbonyl (C=O) groups excluding carboxylic acids is 1. The quantitative estimate of drug-likeness (QED) is 0.814. The normalized spacial score (nSPS) is 10.1. The van der Waals surface area contributed by atoms with Gasteiger partial charge in [0.05, 0.1) is 0 Å². The SMILES string of the molecule is O=Cc1ccc(O)cc1CCc1ccccc1. The number of aryl methyl sites for hydroxylation is 2. The van der Waals surface area contributed by atoms with Gasteiger partial charge in [-0.05, 0) is 42.2 Å². The van der Waals surface area contributed by atoms with Crippen molar-refractivity contribution < 1.29 is 9.90 Å². The maximum atomic E-state index is 10.9. The first-order valence-corrected chi connectivity index (χ1v) is 5.60. The van der Waals surface area contributed by atoms with Gasteiger partial charge in [-0.3, -0.25) is 4.79 Å². The molecule has 0 spiro atoms. The second-order valence-corrected chi connectivity index (χ2v) is 3.99. The molecule has 0 unspecified atom stereocenters. The minimum Gasteiger partial charge on any atom is -0.508 e. The van der Waals surface area contributed by atoms with Gasteiger partial charge in [-0.15, -0.1) is 0 Å². The van der Waals surface area contributed by atoms with Crippen molar-refractivity contribution in [1.82, 2.24) is 0 Å². The summed E-state index contributed by atoms with van der Waals surface area (Å²) < 4.78 is 0. The molecule has 0 aromatic heterocycles. The van der Waals surface area contributed by atoms with E-state index in [0.717, 1.165) is 24.7 Å². The monoisotopic (exact) mass is 226 g/mol. The van der Waals surface area contributed by atoms with E-state index in [1.165, 1.54) is 11.6 Å². The van der Waals surface area contributed by atoms with Crippen LogP contribution >= 0.6 is 0 Å². The third kappa shape index (κ3) is 2.94. The van der Waals surface area contributed by atoms with Crippen LogP contribution in [0.5, 0.6) is 5.75 Å². The van der Waals surface area contributed by atoms with Crippen molar-refractivity contribution in [1.29, 1.82) is 0 Å². The molecule has 2 aromatic carbocycles. The zero-order chi connectivity index (χ0) is 12.1. The van der Waals surface area contributed by atoms with E-state index < -0.39 is 0 Å². The minimum absolute atomic E-state index is 0.207. The molecule has 0 aliphatic rings. The highest BCUT2D eigenvalue weighted by Crippen LogP contribution is 2.17. The van der Waals surface area contributed by atoms with Gasteiger partial charge in [0.15, 0.2) is 0 Å². The van der Waals surface area contributed by atoms with Crippen molar-refractivity contribution in [3.8, 4) is 5.75 Å². The molecule has 0 saturated carbocycles. The van der Waals surface area contributed by atoms with Gasteiger partial charge in [0, 0.05) is 5.56 Å². The van der Waals surface area contributed by atoms with Crippen LogP contribution in [-0.4, -0.2) is 11.4 Å². The maximum Gasteiger partial charge on any atom is 0.150 e. The first-order chi connectivity index (χ1) is 8.29. The Bertz CT molecular complexity index is 504. The zero-order valence-corrected chi connectivity index (χ0v) is 9.47. The van der Waals surface area contributed by atoms with Gasteiger partial charge >= 0.3 is 0 Å². The Hall–Kier alpha value is -2.09. The van der Waals surface area contributed by atoms with Crippen molar-refractivity contribution in [2.75, 3.05) is 0 Å². The zero-order valence-electron chi connectivity index (χ0n) is 9.47. The van der Waals surface area contributed by atoms with Crippen LogP contribution < -0.4 is 0 Å². The lowest BCUT2D eigenvalue weighted by molar-refractivity contribution is 0.112. The lowest BCUT2D eigenvalue weighted by Gasteiger charge is -2.05. The Balaban J connectivity index is 2.13. The maximum absolute atomic E-state index is 10.9. The molecule has 2 heteroatoms. The van der Waals surface area contributed by atoms with Crippen molar-refractivity contribution in [3.05, 3.63) is 65.2 Å². The van der Waals surface area contributed by atoms with Crippen LogP contribution in [-0.2, 0) is 12.8 Å². The summed E-state index contributed by atoms with van der Waals surface area (Å²) in [5.74, 6) is 0.207. The Labute approximate surface area is 101 Å². The van der Waals surface area contributed by atoms with E-state index >= 15 is 0 Å². The van der Waals surface area contributed by atoms with E-state index in [-0.39, 0.29) is 5.75 Å². The van der Waals surface area contributed by atoms with E-state index in [2.05, 4.69) is 12.1 Å². The molecular weight excluding hydrogens is 212 g/mol. The summed E-state index contributed by atoms with van der Waals surface area (Å²) in [4.78, 5) is 10.9. The molecule has 0 bridgehead atoms. The summed E-state index contributed by atoms with van der Waals surface area (Å²) in [5, 5.41) is 9.41. The third-order valence-electron chi connectivity index (χ3n) is 2.78. The predicted octanol–water partition coefficient (Wildman–Crippen LogP) is 2.99. The van der Waals surface area contributed by atoms with Gasteiger partial charge in [0.1, 0.15) is 12.0 Å². The van der Waals surface area contributed by atoms with E-state index in [0.29, 0.717) is 5.56 Å². The highest BCUT2D eigenvalue weighted by molar-refractivity contribution is 5.77. The van der Waals surface area contributed by atoms with Gasteiger partial charge in [0.2, 0.25) is 0 Å². The van der Waals surface area contributed by atoms with Gasteiger partial charge in [-0.2, -0.15) is 0 Å². The van der Waals surface area contributed by atoms with Crippen molar-refractivity contribution >= 4 is 6.29 Å². The van der Waals surface area contributed by atoms with E-state index in [4.69, 9.17) is 0 Å². The van der Waals surface area contributed by atoms with Crippen molar-refractivity contribution in [3.63, 3.8) is 0 Å². The second kappa shape index (κ2) is 5.30. The molecular formula is C15H14O2. The fraction of sp³-hybridized carbons (Fsp3) is 0.133. The van der Waals surface area contributed by atoms with Crippen LogP contribution in [0.25, 0.3) is 0 Å². The van der Waals surface area contributed by atoms with E-state index in [9.17, 15) is 9.90 Å². The summed E-state index contributed by atoms with van der Waals surface area (Å²) in [6.07, 6.45) is 2.46. The van der Waals surface area contributed by atoms with E-state index in [1.807, 2.05) is 18.2 Å². The van der Waals surface area contributed by atoms with Crippen molar-refractivity contribution in [2.24, 2.45) is 0 Å². The molecule has 0 aliphatic carbocycles. The topological polar surface area (TPSA) is 37.3 Å². The molecule has 0 saturated heterocycles. The highest BCUT2D eigenvalue weighted by atomic mass is 16.3. The molecule has 2 nitrogen and oxygen atoms in total. The second-order valence-electron chi connectivity index (χ2n) is 3.99. The number of phenols is 1. The van der Waals surface area contributed by atoms with Crippen LogP contribution in [0.3, 0.4) is 0 Å². The molecule has 2 rings (SSSR count). The van der Waals surface area contributed by atoms with Crippen LogP contribution in [0, 0.1) is 0 Å². The molecule has 0 fully saturated rings. The van der Waals surface area contributed by atoms with Gasteiger partial charge in [0.25, 0.3) is 0 Å². The van der Waals surface area contributed by atoms with Crippen molar-refractivity contribution in [2.45, 2.75) is 12.8 Å². The molecule has 17 heavy (non-hydrogen) atoms. The largest absolute Gasteiger partial charge is 0.508 e. The summed E-state index contributed by atoms with van der Waals surface area (Å²) in [6, 6.07) is 14.9. The number of carbonyl (C=O) groups is 1. The first kappa shape index (κ1) is 11.4. The van der Waals surface area contributed by atoms with Crippen LogP contribution in [0.15, 0.2) is 48.5 Å². The molecule has 0 heterocycles. The van der Waals surface area contributed by atoms with Gasteiger partial charge in [-0.1, -0.05) is 30.3 Å². The Morgan fingerprint density at radius 3 is 2.47 bits per heavy atom. The Morgan fingerprint density at radius 1 is 1.00 bits per heavy atom. The average Bonchev–Trinajstić information content (AvgIpc) is 2.38. The minimum atomic E-state index is 0.207. The molecule has 0 radical (unpaired) electrons. The van der Waals surface area contributed by atoms with E-state index in [1.54, 1.807) is 12.1 Å². The number of rotatable bonds is 4. The van der Waals surface area contributed by atoms with Gasteiger partial charge < -0.3 is 5.11 Å². The summed E-state index contributed by atoms with van der Waals surface area (Å²) >= 11 is 0. The third-order valence-corrected chi connectivity index (χ3v) is 2.78. The number of benzene rings is 2. The number of hydrogen-bond donors (Lipinski definition) is 1. The molecule has 0 atom stereocenters. The first-order valence-electron chi connectivity index (χ1n) is 5.60.